The lowest BCUT2D eigenvalue weighted by atomic mass is 9.84. The zero-order valence-corrected chi connectivity index (χ0v) is 18.4. The molecule has 0 aliphatic carbocycles. The second-order valence-electron chi connectivity index (χ2n) is 6.97. The van der Waals surface area contributed by atoms with E-state index in [0.29, 0.717) is 25.8 Å². The number of hydrogen-bond donors (Lipinski definition) is 0. The summed E-state index contributed by atoms with van der Waals surface area (Å²) in [5.74, 6) is -1.48. The number of ether oxygens (including phenoxy) is 2. The van der Waals surface area contributed by atoms with Crippen LogP contribution in [0.15, 0.2) is 30.3 Å². The fourth-order valence-electron chi connectivity index (χ4n) is 3.72. The number of amides is 1. The van der Waals surface area contributed by atoms with Crippen molar-refractivity contribution in [2.24, 2.45) is 0 Å². The van der Waals surface area contributed by atoms with Crippen LogP contribution in [0.4, 0.5) is 4.79 Å². The summed E-state index contributed by atoms with van der Waals surface area (Å²) in [5, 5.41) is 0. The van der Waals surface area contributed by atoms with Crippen LogP contribution in [0.2, 0.25) is 0 Å². The largest absolute Gasteiger partial charge is 0.451 e. The first-order valence-corrected chi connectivity index (χ1v) is 10.6. The van der Waals surface area contributed by atoms with Gasteiger partial charge in [-0.25, -0.2) is 9.59 Å². The number of hydrogen-bond acceptors (Lipinski definition) is 5. The number of nitrogens with zero attached hydrogens (tertiary/aromatic N) is 1. The van der Waals surface area contributed by atoms with Gasteiger partial charge in [-0.15, -0.1) is 0 Å². The SMILES string of the molecule is CC.CCCCC1N(C(=O)OCC)CCC1(Cc1ccccc1)OC(=O)C(C)=O. The summed E-state index contributed by atoms with van der Waals surface area (Å²) in [6.45, 7) is 9.77. The van der Waals surface area contributed by atoms with E-state index in [1.165, 1.54) is 6.92 Å². The maximum absolute atomic E-state index is 12.5. The lowest BCUT2D eigenvalue weighted by Gasteiger charge is -2.37. The van der Waals surface area contributed by atoms with Gasteiger partial charge >= 0.3 is 12.1 Å². The van der Waals surface area contributed by atoms with E-state index in [9.17, 15) is 14.4 Å². The Labute approximate surface area is 174 Å². The molecule has 1 aliphatic heterocycles. The van der Waals surface area contributed by atoms with Crippen LogP contribution in [0.5, 0.6) is 0 Å². The number of likely N-dealkylation sites (tertiary alicyclic amines) is 1. The molecule has 0 radical (unpaired) electrons. The van der Waals surface area contributed by atoms with Crippen molar-refractivity contribution in [3.8, 4) is 0 Å². The maximum atomic E-state index is 12.5. The summed E-state index contributed by atoms with van der Waals surface area (Å²) in [6, 6.07) is 9.39. The highest BCUT2D eigenvalue weighted by atomic mass is 16.6. The predicted molar refractivity (Wildman–Crippen MR) is 113 cm³/mol. The molecule has 1 aromatic rings. The summed E-state index contributed by atoms with van der Waals surface area (Å²) < 4.78 is 11.0. The van der Waals surface area contributed by atoms with Gasteiger partial charge in [0.25, 0.3) is 0 Å². The monoisotopic (exact) mass is 405 g/mol. The molecule has 2 atom stereocenters. The van der Waals surface area contributed by atoms with Gasteiger partial charge in [-0.1, -0.05) is 63.9 Å². The zero-order chi connectivity index (χ0) is 21.9. The Hall–Kier alpha value is -2.37. The van der Waals surface area contributed by atoms with E-state index >= 15 is 0 Å². The van der Waals surface area contributed by atoms with Gasteiger partial charge in [0.2, 0.25) is 5.78 Å². The standard InChI is InChI=1S/C21H29NO5.C2H6/c1-4-6-12-18-21(27-19(24)16(3)23,15-17-10-8-7-9-11-17)13-14-22(18)20(25)26-5-2;1-2/h7-11,18H,4-6,12-15H2,1-3H3;1-2H3. The first-order chi connectivity index (χ1) is 13.9. The number of ketones is 1. The van der Waals surface area contributed by atoms with Crippen molar-refractivity contribution in [3.05, 3.63) is 35.9 Å². The van der Waals surface area contributed by atoms with Crippen molar-refractivity contribution >= 4 is 17.8 Å². The molecule has 0 spiro atoms. The lowest BCUT2D eigenvalue weighted by Crippen LogP contribution is -2.51. The minimum absolute atomic E-state index is 0.286. The normalized spacial score (nSPS) is 20.4. The van der Waals surface area contributed by atoms with Gasteiger partial charge in [0.05, 0.1) is 12.6 Å². The van der Waals surface area contributed by atoms with Crippen LogP contribution in [-0.4, -0.2) is 47.5 Å². The highest BCUT2D eigenvalue weighted by molar-refractivity contribution is 6.32. The number of benzene rings is 1. The van der Waals surface area contributed by atoms with Crippen LogP contribution in [0.25, 0.3) is 0 Å². The average Bonchev–Trinajstić information content (AvgIpc) is 3.06. The quantitative estimate of drug-likeness (QED) is 0.469. The molecule has 1 amide bonds. The fraction of sp³-hybridized carbons (Fsp3) is 0.609. The minimum Gasteiger partial charge on any atom is -0.451 e. The number of carbonyl (C=O) groups excluding carboxylic acids is 3. The summed E-state index contributed by atoms with van der Waals surface area (Å²) >= 11 is 0. The van der Waals surface area contributed by atoms with Gasteiger partial charge in [0, 0.05) is 26.3 Å². The smallest absolute Gasteiger partial charge is 0.410 e. The van der Waals surface area contributed by atoms with Crippen LogP contribution in [-0.2, 0) is 25.5 Å². The Morgan fingerprint density at radius 3 is 2.34 bits per heavy atom. The first kappa shape index (κ1) is 24.7. The average molecular weight is 406 g/mol. The molecule has 29 heavy (non-hydrogen) atoms. The van der Waals surface area contributed by atoms with Crippen molar-refractivity contribution in [1.82, 2.24) is 4.90 Å². The number of rotatable bonds is 8. The van der Waals surface area contributed by atoms with Crippen molar-refractivity contribution < 1.29 is 23.9 Å². The van der Waals surface area contributed by atoms with E-state index in [1.54, 1.807) is 11.8 Å². The molecule has 0 aromatic heterocycles. The molecule has 1 aromatic carbocycles. The molecule has 1 heterocycles. The molecular weight excluding hydrogens is 370 g/mol. The zero-order valence-electron chi connectivity index (χ0n) is 18.4. The van der Waals surface area contributed by atoms with E-state index in [-0.39, 0.29) is 12.6 Å². The lowest BCUT2D eigenvalue weighted by molar-refractivity contribution is -0.167. The Kier molecular flexibility index (Phi) is 10.4. The van der Waals surface area contributed by atoms with Crippen LogP contribution < -0.4 is 0 Å². The number of unbranched alkanes of at least 4 members (excludes halogenated alkanes) is 1. The highest BCUT2D eigenvalue weighted by Crippen LogP contribution is 2.39. The Morgan fingerprint density at radius 1 is 1.14 bits per heavy atom. The second-order valence-corrected chi connectivity index (χ2v) is 6.97. The molecule has 2 rings (SSSR count). The molecule has 1 saturated heterocycles. The molecule has 0 bridgehead atoms. The van der Waals surface area contributed by atoms with Crippen molar-refractivity contribution in [2.45, 2.75) is 78.4 Å². The van der Waals surface area contributed by atoms with E-state index in [2.05, 4.69) is 6.92 Å². The topological polar surface area (TPSA) is 72.9 Å². The maximum Gasteiger partial charge on any atom is 0.410 e. The third kappa shape index (κ3) is 6.58. The first-order valence-electron chi connectivity index (χ1n) is 10.6. The molecule has 2 unspecified atom stereocenters. The Morgan fingerprint density at radius 2 is 1.79 bits per heavy atom. The molecular formula is C23H35NO5. The summed E-state index contributed by atoms with van der Waals surface area (Å²) in [6.07, 6.45) is 3.06. The van der Waals surface area contributed by atoms with E-state index < -0.39 is 23.4 Å². The molecule has 6 heteroatoms. The minimum atomic E-state index is -0.925. The van der Waals surface area contributed by atoms with Gasteiger partial charge in [-0.05, 0) is 18.9 Å². The van der Waals surface area contributed by atoms with Gasteiger partial charge in [-0.3, -0.25) is 4.79 Å². The fourth-order valence-corrected chi connectivity index (χ4v) is 3.72. The van der Waals surface area contributed by atoms with Gasteiger partial charge in [-0.2, -0.15) is 0 Å². The number of Topliss-reactive ketones (excluding diaryl/α,β-unsaturated/α-hetero) is 1. The summed E-state index contributed by atoms with van der Waals surface area (Å²) in [4.78, 5) is 37.9. The van der Waals surface area contributed by atoms with Crippen molar-refractivity contribution in [3.63, 3.8) is 0 Å². The number of carbonyl (C=O) groups is 3. The molecule has 1 aliphatic rings. The van der Waals surface area contributed by atoms with E-state index in [4.69, 9.17) is 9.47 Å². The third-order valence-corrected chi connectivity index (χ3v) is 5.02. The molecule has 6 nitrogen and oxygen atoms in total. The summed E-state index contributed by atoms with van der Waals surface area (Å²) in [5.41, 5.74) is 0.0764. The predicted octanol–water partition coefficient (Wildman–Crippen LogP) is 4.55. The van der Waals surface area contributed by atoms with Crippen LogP contribution >= 0.6 is 0 Å². The second kappa shape index (κ2) is 12.2. The van der Waals surface area contributed by atoms with Gasteiger partial charge in [0.15, 0.2) is 0 Å². The summed E-state index contributed by atoms with van der Waals surface area (Å²) in [7, 11) is 0. The molecule has 0 N–H and O–H groups in total. The Balaban J connectivity index is 0.00000204. The number of esters is 1. The van der Waals surface area contributed by atoms with E-state index in [0.717, 1.165) is 18.4 Å². The molecule has 0 saturated carbocycles. The Bertz CT molecular complexity index is 660. The molecule has 1 fully saturated rings. The van der Waals surface area contributed by atoms with Gasteiger partial charge in [0.1, 0.15) is 5.60 Å². The van der Waals surface area contributed by atoms with Crippen molar-refractivity contribution in [1.29, 1.82) is 0 Å². The van der Waals surface area contributed by atoms with Crippen LogP contribution in [0, 0.1) is 0 Å². The van der Waals surface area contributed by atoms with Crippen LogP contribution in [0.1, 0.15) is 65.9 Å². The van der Waals surface area contributed by atoms with Crippen LogP contribution in [0.3, 0.4) is 0 Å². The highest BCUT2D eigenvalue weighted by Gasteiger charge is 2.52. The van der Waals surface area contributed by atoms with E-state index in [1.807, 2.05) is 44.2 Å². The van der Waals surface area contributed by atoms with Crippen molar-refractivity contribution in [2.75, 3.05) is 13.2 Å². The molecule has 162 valence electrons. The third-order valence-electron chi connectivity index (χ3n) is 5.02. The van der Waals surface area contributed by atoms with Gasteiger partial charge < -0.3 is 14.4 Å².